The number of hydrogen-bond acceptors (Lipinski definition) is 2. The molecule has 0 aromatic heterocycles. The van der Waals surface area contributed by atoms with Crippen LogP contribution >= 0.6 is 15.9 Å². The fourth-order valence-corrected chi connectivity index (χ4v) is 2.20. The molecule has 104 valence electrons. The highest BCUT2D eigenvalue weighted by atomic mass is 79.9. The van der Waals surface area contributed by atoms with E-state index in [0.29, 0.717) is 17.9 Å². The SMILES string of the molecule is CC(=O)Nc1ccc(F)c(NCc2ccccc2Br)c1. The summed E-state index contributed by atoms with van der Waals surface area (Å²) in [6.07, 6.45) is 0. The Labute approximate surface area is 125 Å². The second kappa shape index (κ2) is 6.52. The number of amides is 1. The maximum absolute atomic E-state index is 13.7. The van der Waals surface area contributed by atoms with E-state index in [9.17, 15) is 9.18 Å². The molecule has 0 unspecified atom stereocenters. The molecular formula is C15H14BrFN2O. The van der Waals surface area contributed by atoms with Gasteiger partial charge >= 0.3 is 0 Å². The minimum Gasteiger partial charge on any atom is -0.378 e. The Bertz CT molecular complexity index is 631. The smallest absolute Gasteiger partial charge is 0.221 e. The molecule has 2 aromatic carbocycles. The number of rotatable bonds is 4. The van der Waals surface area contributed by atoms with Crippen LogP contribution in [-0.4, -0.2) is 5.91 Å². The Kier molecular flexibility index (Phi) is 4.74. The molecule has 2 aromatic rings. The van der Waals surface area contributed by atoms with E-state index in [1.807, 2.05) is 24.3 Å². The highest BCUT2D eigenvalue weighted by Gasteiger charge is 2.05. The number of anilines is 2. The van der Waals surface area contributed by atoms with Crippen molar-refractivity contribution in [3.05, 3.63) is 58.3 Å². The first-order valence-corrected chi connectivity index (χ1v) is 6.90. The molecule has 0 aliphatic heterocycles. The minimum atomic E-state index is -0.355. The molecule has 2 N–H and O–H groups in total. The van der Waals surface area contributed by atoms with E-state index in [0.717, 1.165) is 10.0 Å². The Hall–Kier alpha value is -1.88. The average Bonchev–Trinajstić information content (AvgIpc) is 2.40. The van der Waals surface area contributed by atoms with Crippen LogP contribution < -0.4 is 10.6 Å². The van der Waals surface area contributed by atoms with Crippen LogP contribution in [0.25, 0.3) is 0 Å². The van der Waals surface area contributed by atoms with Gasteiger partial charge in [-0.3, -0.25) is 4.79 Å². The quantitative estimate of drug-likeness (QED) is 0.880. The van der Waals surface area contributed by atoms with Crippen LogP contribution in [0.15, 0.2) is 46.9 Å². The summed E-state index contributed by atoms with van der Waals surface area (Å²) in [5, 5.41) is 5.65. The summed E-state index contributed by atoms with van der Waals surface area (Å²) in [6, 6.07) is 12.2. The zero-order chi connectivity index (χ0) is 14.5. The lowest BCUT2D eigenvalue weighted by Crippen LogP contribution is -2.07. The lowest BCUT2D eigenvalue weighted by molar-refractivity contribution is -0.114. The van der Waals surface area contributed by atoms with E-state index in [-0.39, 0.29) is 11.7 Å². The van der Waals surface area contributed by atoms with Gasteiger partial charge in [0, 0.05) is 23.6 Å². The van der Waals surface area contributed by atoms with Gasteiger partial charge in [-0.25, -0.2) is 4.39 Å². The predicted molar refractivity (Wildman–Crippen MR) is 82.2 cm³/mol. The molecule has 3 nitrogen and oxygen atoms in total. The summed E-state index contributed by atoms with van der Waals surface area (Å²) < 4.78 is 14.7. The molecule has 2 rings (SSSR count). The summed E-state index contributed by atoms with van der Waals surface area (Å²) >= 11 is 3.44. The van der Waals surface area contributed by atoms with Gasteiger partial charge in [-0.1, -0.05) is 34.1 Å². The van der Waals surface area contributed by atoms with Crippen molar-refractivity contribution in [2.75, 3.05) is 10.6 Å². The van der Waals surface area contributed by atoms with E-state index in [1.54, 1.807) is 6.07 Å². The summed E-state index contributed by atoms with van der Waals surface area (Å²) in [5.41, 5.74) is 1.94. The molecule has 0 atom stereocenters. The molecule has 5 heteroatoms. The van der Waals surface area contributed by atoms with Gasteiger partial charge in [0.05, 0.1) is 5.69 Å². The molecule has 1 amide bonds. The molecule has 0 bridgehead atoms. The maximum Gasteiger partial charge on any atom is 0.221 e. The van der Waals surface area contributed by atoms with E-state index < -0.39 is 0 Å². The summed E-state index contributed by atoms with van der Waals surface area (Å²) in [7, 11) is 0. The number of benzene rings is 2. The van der Waals surface area contributed by atoms with E-state index in [2.05, 4.69) is 26.6 Å². The molecule has 0 spiro atoms. The molecule has 0 fully saturated rings. The second-order valence-electron chi connectivity index (χ2n) is 4.32. The van der Waals surface area contributed by atoms with Crippen LogP contribution in [0.3, 0.4) is 0 Å². The predicted octanol–water partition coefficient (Wildman–Crippen LogP) is 4.16. The summed E-state index contributed by atoms with van der Waals surface area (Å²) in [6.45, 7) is 1.90. The molecule has 0 heterocycles. The fraction of sp³-hybridized carbons (Fsp3) is 0.133. The largest absolute Gasteiger partial charge is 0.378 e. The van der Waals surface area contributed by atoms with Crippen LogP contribution in [0.4, 0.5) is 15.8 Å². The van der Waals surface area contributed by atoms with Gasteiger partial charge in [-0.05, 0) is 29.8 Å². The monoisotopic (exact) mass is 336 g/mol. The molecule has 20 heavy (non-hydrogen) atoms. The number of carbonyl (C=O) groups is 1. The fourth-order valence-electron chi connectivity index (χ4n) is 1.77. The molecule has 0 radical (unpaired) electrons. The first-order chi connectivity index (χ1) is 9.56. The first-order valence-electron chi connectivity index (χ1n) is 6.10. The van der Waals surface area contributed by atoms with E-state index >= 15 is 0 Å². The lowest BCUT2D eigenvalue weighted by atomic mass is 10.2. The van der Waals surface area contributed by atoms with Crippen LogP contribution in [0, 0.1) is 5.82 Å². The molecule has 0 aliphatic carbocycles. The average molecular weight is 337 g/mol. The topological polar surface area (TPSA) is 41.1 Å². The van der Waals surface area contributed by atoms with Crippen molar-refractivity contribution >= 4 is 33.2 Å². The van der Waals surface area contributed by atoms with E-state index in [1.165, 1.54) is 19.1 Å². The number of hydrogen-bond donors (Lipinski definition) is 2. The van der Waals surface area contributed by atoms with Gasteiger partial charge in [0.1, 0.15) is 5.82 Å². The Morgan fingerprint density at radius 1 is 1.25 bits per heavy atom. The lowest BCUT2D eigenvalue weighted by Gasteiger charge is -2.11. The van der Waals surface area contributed by atoms with E-state index in [4.69, 9.17) is 0 Å². The third kappa shape index (κ3) is 3.81. The highest BCUT2D eigenvalue weighted by molar-refractivity contribution is 9.10. The summed E-state index contributed by atoms with van der Waals surface area (Å²) in [5.74, 6) is -0.542. The zero-order valence-corrected chi connectivity index (χ0v) is 12.5. The molecule has 0 saturated heterocycles. The second-order valence-corrected chi connectivity index (χ2v) is 5.18. The molecule has 0 aliphatic rings. The Morgan fingerprint density at radius 2 is 2.00 bits per heavy atom. The van der Waals surface area contributed by atoms with Crippen molar-refractivity contribution in [3.8, 4) is 0 Å². The van der Waals surface area contributed by atoms with Crippen LogP contribution in [0.5, 0.6) is 0 Å². The maximum atomic E-state index is 13.7. The van der Waals surface area contributed by atoms with Crippen molar-refractivity contribution in [2.45, 2.75) is 13.5 Å². The number of carbonyl (C=O) groups excluding carboxylic acids is 1. The molecule has 0 saturated carbocycles. The van der Waals surface area contributed by atoms with Crippen LogP contribution in [0.1, 0.15) is 12.5 Å². The standard InChI is InChI=1S/C15H14BrFN2O/c1-10(20)19-12-6-7-14(17)15(8-12)18-9-11-4-2-3-5-13(11)16/h2-8,18H,9H2,1H3,(H,19,20). The van der Waals surface area contributed by atoms with Gasteiger partial charge in [0.2, 0.25) is 5.91 Å². The van der Waals surface area contributed by atoms with Crippen LogP contribution in [0.2, 0.25) is 0 Å². The molecular weight excluding hydrogens is 323 g/mol. The van der Waals surface area contributed by atoms with Gasteiger partial charge < -0.3 is 10.6 Å². The Morgan fingerprint density at radius 3 is 2.70 bits per heavy atom. The van der Waals surface area contributed by atoms with Gasteiger partial charge in [0.25, 0.3) is 0 Å². The van der Waals surface area contributed by atoms with Crippen molar-refractivity contribution < 1.29 is 9.18 Å². The van der Waals surface area contributed by atoms with Gasteiger partial charge in [0.15, 0.2) is 0 Å². The van der Waals surface area contributed by atoms with Crippen molar-refractivity contribution in [2.24, 2.45) is 0 Å². The highest BCUT2D eigenvalue weighted by Crippen LogP contribution is 2.22. The zero-order valence-electron chi connectivity index (χ0n) is 10.9. The van der Waals surface area contributed by atoms with Crippen molar-refractivity contribution in [1.29, 1.82) is 0 Å². The van der Waals surface area contributed by atoms with Crippen molar-refractivity contribution in [1.82, 2.24) is 0 Å². The number of nitrogens with one attached hydrogen (secondary N) is 2. The Balaban J connectivity index is 2.12. The van der Waals surface area contributed by atoms with Crippen molar-refractivity contribution in [3.63, 3.8) is 0 Å². The number of halogens is 2. The first kappa shape index (κ1) is 14.5. The van der Waals surface area contributed by atoms with Gasteiger partial charge in [-0.15, -0.1) is 0 Å². The van der Waals surface area contributed by atoms with Gasteiger partial charge in [-0.2, -0.15) is 0 Å². The minimum absolute atomic E-state index is 0.187. The third-order valence-corrected chi connectivity index (χ3v) is 3.49. The third-order valence-electron chi connectivity index (χ3n) is 2.71. The normalized spacial score (nSPS) is 10.2. The van der Waals surface area contributed by atoms with Crippen LogP contribution in [-0.2, 0) is 11.3 Å². The summed E-state index contributed by atoms with van der Waals surface area (Å²) in [4.78, 5) is 11.0.